The molecule has 0 radical (unpaired) electrons. The van der Waals surface area contributed by atoms with Crippen LogP contribution < -0.4 is 5.32 Å². The van der Waals surface area contributed by atoms with Crippen LogP contribution in [0.5, 0.6) is 0 Å². The van der Waals surface area contributed by atoms with Gasteiger partial charge in [-0.25, -0.2) is 4.98 Å². The van der Waals surface area contributed by atoms with Gasteiger partial charge in [0.15, 0.2) is 0 Å². The highest BCUT2D eigenvalue weighted by Gasteiger charge is 2.30. The van der Waals surface area contributed by atoms with E-state index in [4.69, 9.17) is 0 Å². The maximum absolute atomic E-state index is 12.3. The van der Waals surface area contributed by atoms with Gasteiger partial charge in [-0.05, 0) is 30.7 Å². The van der Waals surface area contributed by atoms with Crippen LogP contribution in [0.25, 0.3) is 0 Å². The van der Waals surface area contributed by atoms with E-state index in [1.165, 1.54) is 6.07 Å². The lowest BCUT2D eigenvalue weighted by Gasteiger charge is -2.08. The minimum Gasteiger partial charge on any atom is -0.366 e. The number of nitrogens with one attached hydrogen (secondary N) is 1. The first kappa shape index (κ1) is 13.3. The SMILES string of the molecule is Cc1ccc(CNc2ccc(C(F)(F)F)cn2)cn1. The summed E-state index contributed by atoms with van der Waals surface area (Å²) < 4.78 is 37.0. The number of aromatic nitrogens is 2. The quantitative estimate of drug-likeness (QED) is 0.926. The van der Waals surface area contributed by atoms with Crippen LogP contribution in [0.15, 0.2) is 36.7 Å². The smallest absolute Gasteiger partial charge is 0.366 e. The van der Waals surface area contributed by atoms with E-state index in [0.717, 1.165) is 23.5 Å². The molecule has 0 aliphatic carbocycles. The van der Waals surface area contributed by atoms with Gasteiger partial charge in [0.05, 0.1) is 5.56 Å². The first-order chi connectivity index (χ1) is 8.95. The van der Waals surface area contributed by atoms with Crippen molar-refractivity contribution in [3.8, 4) is 0 Å². The molecule has 0 bridgehead atoms. The summed E-state index contributed by atoms with van der Waals surface area (Å²) in [6.07, 6.45) is -1.82. The molecule has 2 heterocycles. The number of pyridine rings is 2. The van der Waals surface area contributed by atoms with Crippen molar-refractivity contribution >= 4 is 5.82 Å². The monoisotopic (exact) mass is 267 g/mol. The summed E-state index contributed by atoms with van der Waals surface area (Å²) in [6, 6.07) is 6.09. The lowest BCUT2D eigenvalue weighted by Crippen LogP contribution is -2.07. The Balaban J connectivity index is 1.98. The lowest BCUT2D eigenvalue weighted by atomic mass is 10.2. The Morgan fingerprint density at radius 2 is 1.84 bits per heavy atom. The highest BCUT2D eigenvalue weighted by atomic mass is 19.4. The molecule has 0 aliphatic rings. The van der Waals surface area contributed by atoms with Gasteiger partial charge >= 0.3 is 6.18 Å². The van der Waals surface area contributed by atoms with Crippen molar-refractivity contribution in [3.05, 3.63) is 53.5 Å². The molecule has 0 atom stereocenters. The van der Waals surface area contributed by atoms with Gasteiger partial charge in [-0.15, -0.1) is 0 Å². The van der Waals surface area contributed by atoms with Gasteiger partial charge in [-0.3, -0.25) is 4.98 Å². The Morgan fingerprint density at radius 1 is 1.05 bits per heavy atom. The van der Waals surface area contributed by atoms with Gasteiger partial charge in [0.1, 0.15) is 5.82 Å². The Hall–Kier alpha value is -2.11. The Bertz CT molecular complexity index is 533. The Labute approximate surface area is 108 Å². The first-order valence-electron chi connectivity index (χ1n) is 5.64. The molecule has 3 nitrogen and oxygen atoms in total. The molecular weight excluding hydrogens is 255 g/mol. The van der Waals surface area contributed by atoms with E-state index in [0.29, 0.717) is 12.4 Å². The highest BCUT2D eigenvalue weighted by molar-refractivity contribution is 5.37. The fourth-order valence-electron chi connectivity index (χ4n) is 1.46. The summed E-state index contributed by atoms with van der Waals surface area (Å²) in [7, 11) is 0. The number of hydrogen-bond acceptors (Lipinski definition) is 3. The summed E-state index contributed by atoms with van der Waals surface area (Å²) in [5, 5.41) is 2.94. The van der Waals surface area contributed by atoms with E-state index in [1.54, 1.807) is 6.20 Å². The number of aryl methyl sites for hydroxylation is 1. The van der Waals surface area contributed by atoms with E-state index in [9.17, 15) is 13.2 Å². The number of alkyl halides is 3. The normalized spacial score (nSPS) is 11.4. The summed E-state index contributed by atoms with van der Waals surface area (Å²) in [6.45, 7) is 2.35. The molecule has 0 spiro atoms. The molecule has 2 aromatic heterocycles. The molecule has 2 aromatic rings. The largest absolute Gasteiger partial charge is 0.417 e. The molecule has 0 saturated carbocycles. The molecule has 0 saturated heterocycles. The van der Waals surface area contributed by atoms with Crippen molar-refractivity contribution in [1.82, 2.24) is 9.97 Å². The zero-order valence-electron chi connectivity index (χ0n) is 10.2. The third-order valence-electron chi connectivity index (χ3n) is 2.54. The van der Waals surface area contributed by atoms with Gasteiger partial charge in [-0.1, -0.05) is 6.07 Å². The summed E-state index contributed by atoms with van der Waals surface area (Å²) in [4.78, 5) is 7.85. The van der Waals surface area contributed by atoms with Crippen LogP contribution in [0.2, 0.25) is 0 Å². The molecule has 0 aliphatic heterocycles. The Morgan fingerprint density at radius 3 is 2.37 bits per heavy atom. The number of nitrogens with zero attached hydrogens (tertiary/aromatic N) is 2. The predicted molar refractivity (Wildman–Crippen MR) is 65.5 cm³/mol. The lowest BCUT2D eigenvalue weighted by molar-refractivity contribution is -0.137. The average molecular weight is 267 g/mol. The molecular formula is C13H12F3N3. The van der Waals surface area contributed by atoms with E-state index >= 15 is 0 Å². The maximum Gasteiger partial charge on any atom is 0.417 e. The third kappa shape index (κ3) is 3.67. The summed E-state index contributed by atoms with van der Waals surface area (Å²) in [5.41, 5.74) is 1.10. The molecule has 0 amide bonds. The number of rotatable bonds is 3. The second-order valence-electron chi connectivity index (χ2n) is 4.09. The molecule has 2 rings (SSSR count). The van der Waals surface area contributed by atoms with Gasteiger partial charge in [0.25, 0.3) is 0 Å². The molecule has 1 N–H and O–H groups in total. The van der Waals surface area contributed by atoms with Crippen LogP contribution in [-0.4, -0.2) is 9.97 Å². The topological polar surface area (TPSA) is 37.8 Å². The highest BCUT2D eigenvalue weighted by Crippen LogP contribution is 2.28. The fourth-order valence-corrected chi connectivity index (χ4v) is 1.46. The van der Waals surface area contributed by atoms with E-state index in [1.807, 2.05) is 19.1 Å². The molecule has 6 heteroatoms. The van der Waals surface area contributed by atoms with Gasteiger partial charge < -0.3 is 5.32 Å². The van der Waals surface area contributed by atoms with Gasteiger partial charge in [0, 0.05) is 24.6 Å². The standard InChI is InChI=1S/C13H12F3N3/c1-9-2-3-10(6-17-9)7-18-12-5-4-11(8-19-12)13(14,15)16/h2-6,8H,7H2,1H3,(H,18,19). The zero-order valence-corrected chi connectivity index (χ0v) is 10.2. The second kappa shape index (κ2) is 5.26. The van der Waals surface area contributed by atoms with E-state index in [2.05, 4.69) is 15.3 Å². The first-order valence-corrected chi connectivity index (χ1v) is 5.64. The minimum absolute atomic E-state index is 0.397. The van der Waals surface area contributed by atoms with Crippen molar-refractivity contribution in [2.45, 2.75) is 19.6 Å². The third-order valence-corrected chi connectivity index (χ3v) is 2.54. The summed E-state index contributed by atoms with van der Waals surface area (Å²) >= 11 is 0. The van der Waals surface area contributed by atoms with Crippen molar-refractivity contribution < 1.29 is 13.2 Å². The van der Waals surface area contributed by atoms with Crippen LogP contribution in [-0.2, 0) is 12.7 Å². The Kier molecular flexibility index (Phi) is 3.69. The predicted octanol–water partition coefficient (Wildman–Crippen LogP) is 3.42. The molecule has 19 heavy (non-hydrogen) atoms. The van der Waals surface area contributed by atoms with Crippen LogP contribution in [0.3, 0.4) is 0 Å². The zero-order chi connectivity index (χ0) is 13.9. The minimum atomic E-state index is -4.35. The number of halogens is 3. The number of hydrogen-bond donors (Lipinski definition) is 1. The van der Waals surface area contributed by atoms with Gasteiger partial charge in [-0.2, -0.15) is 13.2 Å². The van der Waals surface area contributed by atoms with Gasteiger partial charge in [0.2, 0.25) is 0 Å². The molecule has 0 unspecified atom stereocenters. The average Bonchev–Trinajstić information content (AvgIpc) is 2.37. The number of anilines is 1. The molecule has 0 fully saturated rings. The van der Waals surface area contributed by atoms with E-state index < -0.39 is 11.7 Å². The van der Waals surface area contributed by atoms with Crippen LogP contribution >= 0.6 is 0 Å². The van der Waals surface area contributed by atoms with Crippen molar-refractivity contribution in [3.63, 3.8) is 0 Å². The maximum atomic E-state index is 12.3. The van der Waals surface area contributed by atoms with Crippen LogP contribution in [0.4, 0.5) is 19.0 Å². The fraction of sp³-hybridized carbons (Fsp3) is 0.231. The second-order valence-corrected chi connectivity index (χ2v) is 4.09. The van der Waals surface area contributed by atoms with Crippen molar-refractivity contribution in [2.24, 2.45) is 0 Å². The summed E-state index contributed by atoms with van der Waals surface area (Å²) in [5.74, 6) is 0.397. The van der Waals surface area contributed by atoms with Crippen LogP contribution in [0, 0.1) is 6.92 Å². The van der Waals surface area contributed by atoms with E-state index in [-0.39, 0.29) is 0 Å². The van der Waals surface area contributed by atoms with Crippen molar-refractivity contribution in [2.75, 3.05) is 5.32 Å². The molecule has 100 valence electrons. The molecule has 0 aromatic carbocycles. The van der Waals surface area contributed by atoms with Crippen LogP contribution in [0.1, 0.15) is 16.8 Å². The van der Waals surface area contributed by atoms with Crippen molar-refractivity contribution in [1.29, 1.82) is 0 Å².